The van der Waals surface area contributed by atoms with Gasteiger partial charge in [-0.2, -0.15) is 0 Å². The number of nitrogens with two attached hydrogens (primary N) is 1. The summed E-state index contributed by atoms with van der Waals surface area (Å²) in [5.41, 5.74) is 7.79. The number of methoxy groups -OCH3 is 1. The number of carbonyl (C=O) groups is 2. The van der Waals surface area contributed by atoms with Gasteiger partial charge < -0.3 is 20.7 Å². The van der Waals surface area contributed by atoms with Crippen LogP contribution < -0.4 is 15.8 Å². The number of ether oxygens (including phenoxy) is 1. The first kappa shape index (κ1) is 18.7. The molecule has 142 valence electrons. The molecule has 1 aromatic carbocycles. The van der Waals surface area contributed by atoms with Crippen LogP contribution in [0.5, 0.6) is 5.75 Å². The summed E-state index contributed by atoms with van der Waals surface area (Å²) >= 11 is 0. The van der Waals surface area contributed by atoms with Crippen LogP contribution in [0.3, 0.4) is 0 Å². The molecule has 2 fully saturated rings. The van der Waals surface area contributed by atoms with Crippen LogP contribution in [0, 0.1) is 12.8 Å². The van der Waals surface area contributed by atoms with Gasteiger partial charge in [0.05, 0.1) is 12.8 Å². The molecule has 0 bridgehead atoms. The molecule has 1 heterocycles. The van der Waals surface area contributed by atoms with Crippen molar-refractivity contribution in [2.45, 2.75) is 57.5 Å². The van der Waals surface area contributed by atoms with Crippen molar-refractivity contribution in [1.29, 1.82) is 0 Å². The fraction of sp³-hybridized carbons (Fsp3) is 0.600. The monoisotopic (exact) mass is 359 g/mol. The molecular formula is C20H29N3O3. The summed E-state index contributed by atoms with van der Waals surface area (Å²) < 4.78 is 5.33. The first-order valence-electron chi connectivity index (χ1n) is 9.50. The molecule has 6 nitrogen and oxygen atoms in total. The average molecular weight is 359 g/mol. The number of aryl methyl sites for hydroxylation is 1. The van der Waals surface area contributed by atoms with Crippen LogP contribution in [-0.4, -0.2) is 42.5 Å². The van der Waals surface area contributed by atoms with Crippen LogP contribution in [-0.2, 0) is 9.59 Å². The highest BCUT2D eigenvalue weighted by molar-refractivity contribution is 5.98. The minimum atomic E-state index is -0.412. The second-order valence-corrected chi connectivity index (χ2v) is 7.50. The van der Waals surface area contributed by atoms with Crippen molar-refractivity contribution in [3.8, 4) is 5.75 Å². The lowest BCUT2D eigenvalue weighted by atomic mass is 9.99. The van der Waals surface area contributed by atoms with Crippen LogP contribution in [0.1, 0.15) is 44.1 Å². The molecule has 0 spiro atoms. The maximum Gasteiger partial charge on any atom is 0.247 e. The molecule has 1 saturated heterocycles. The predicted molar refractivity (Wildman–Crippen MR) is 101 cm³/mol. The molecule has 1 saturated carbocycles. The zero-order valence-electron chi connectivity index (χ0n) is 15.7. The first-order valence-corrected chi connectivity index (χ1v) is 9.50. The average Bonchev–Trinajstić information content (AvgIpc) is 3.25. The number of anilines is 1. The molecule has 1 aliphatic carbocycles. The Hall–Kier alpha value is -2.08. The molecule has 6 heteroatoms. The Balaban J connectivity index is 1.66. The van der Waals surface area contributed by atoms with Gasteiger partial charge in [0, 0.05) is 19.0 Å². The topological polar surface area (TPSA) is 84.7 Å². The maximum atomic E-state index is 12.8. The number of carbonyl (C=O) groups excluding carboxylic acids is 2. The summed E-state index contributed by atoms with van der Waals surface area (Å²) in [7, 11) is 1.58. The van der Waals surface area contributed by atoms with Crippen LogP contribution in [0.2, 0.25) is 0 Å². The van der Waals surface area contributed by atoms with Gasteiger partial charge in [0.15, 0.2) is 0 Å². The number of amides is 2. The molecule has 1 unspecified atom stereocenters. The smallest absolute Gasteiger partial charge is 0.247 e. The molecule has 3 rings (SSSR count). The van der Waals surface area contributed by atoms with E-state index in [9.17, 15) is 9.59 Å². The van der Waals surface area contributed by atoms with Crippen molar-refractivity contribution in [2.75, 3.05) is 19.0 Å². The Bertz CT molecular complexity index is 676. The van der Waals surface area contributed by atoms with Crippen molar-refractivity contribution < 1.29 is 14.3 Å². The van der Waals surface area contributed by atoms with Gasteiger partial charge in [-0.25, -0.2) is 0 Å². The van der Waals surface area contributed by atoms with E-state index in [1.54, 1.807) is 12.0 Å². The van der Waals surface area contributed by atoms with Crippen LogP contribution in [0.15, 0.2) is 18.2 Å². The Labute approximate surface area is 155 Å². The van der Waals surface area contributed by atoms with Crippen molar-refractivity contribution in [1.82, 2.24) is 4.90 Å². The lowest BCUT2D eigenvalue weighted by molar-refractivity contribution is -0.137. The normalized spacial score (nSPS) is 25.3. The fourth-order valence-electron chi connectivity index (χ4n) is 4.13. The number of hydrogen-bond acceptors (Lipinski definition) is 4. The van der Waals surface area contributed by atoms with Gasteiger partial charge in [0.2, 0.25) is 11.8 Å². The summed E-state index contributed by atoms with van der Waals surface area (Å²) in [6.07, 6.45) is 5.11. The molecule has 1 aliphatic heterocycles. The summed E-state index contributed by atoms with van der Waals surface area (Å²) in [6, 6.07) is 5.36. The van der Waals surface area contributed by atoms with Gasteiger partial charge >= 0.3 is 0 Å². The summed E-state index contributed by atoms with van der Waals surface area (Å²) in [4.78, 5) is 27.3. The zero-order valence-corrected chi connectivity index (χ0v) is 15.7. The maximum absolute atomic E-state index is 12.8. The zero-order chi connectivity index (χ0) is 18.7. The van der Waals surface area contributed by atoms with E-state index in [4.69, 9.17) is 10.5 Å². The summed E-state index contributed by atoms with van der Waals surface area (Å²) in [5.74, 6) is 0.789. The van der Waals surface area contributed by atoms with E-state index in [2.05, 4.69) is 5.32 Å². The van der Waals surface area contributed by atoms with Crippen molar-refractivity contribution in [3.63, 3.8) is 0 Å². The number of benzene rings is 1. The van der Waals surface area contributed by atoms with Gasteiger partial charge in [0.25, 0.3) is 0 Å². The minimum absolute atomic E-state index is 0.0567. The van der Waals surface area contributed by atoms with E-state index in [-0.39, 0.29) is 23.8 Å². The Kier molecular flexibility index (Phi) is 5.81. The van der Waals surface area contributed by atoms with Gasteiger partial charge in [-0.1, -0.05) is 12.5 Å². The van der Waals surface area contributed by atoms with Gasteiger partial charge in [-0.3, -0.25) is 9.59 Å². The second-order valence-electron chi connectivity index (χ2n) is 7.50. The number of rotatable bonds is 5. The number of hydrogen-bond donors (Lipinski definition) is 2. The molecule has 3 N–H and O–H groups in total. The first-order chi connectivity index (χ1) is 12.5. The largest absolute Gasteiger partial charge is 0.495 e. The molecule has 3 atom stereocenters. The lowest BCUT2D eigenvalue weighted by Crippen LogP contribution is -2.44. The van der Waals surface area contributed by atoms with E-state index in [1.165, 1.54) is 0 Å². The Morgan fingerprint density at radius 2 is 2.08 bits per heavy atom. The molecule has 2 aliphatic rings. The van der Waals surface area contributed by atoms with E-state index in [0.29, 0.717) is 30.8 Å². The van der Waals surface area contributed by atoms with Crippen molar-refractivity contribution in [2.24, 2.45) is 11.7 Å². The van der Waals surface area contributed by atoms with Gasteiger partial charge in [-0.15, -0.1) is 0 Å². The highest BCUT2D eigenvalue weighted by Crippen LogP contribution is 2.30. The molecule has 1 aromatic rings. The quantitative estimate of drug-likeness (QED) is 0.846. The Morgan fingerprint density at radius 1 is 1.27 bits per heavy atom. The number of likely N-dealkylation sites (tertiary alicyclic amines) is 1. The van der Waals surface area contributed by atoms with E-state index in [1.807, 2.05) is 25.1 Å². The minimum Gasteiger partial charge on any atom is -0.495 e. The van der Waals surface area contributed by atoms with Crippen molar-refractivity contribution in [3.05, 3.63) is 23.8 Å². The second kappa shape index (κ2) is 8.08. The van der Waals surface area contributed by atoms with Gasteiger partial charge in [0.1, 0.15) is 11.8 Å². The summed E-state index contributed by atoms with van der Waals surface area (Å²) in [6.45, 7) is 2.61. The third kappa shape index (κ3) is 4.01. The predicted octanol–water partition coefficient (Wildman–Crippen LogP) is 2.45. The van der Waals surface area contributed by atoms with E-state index in [0.717, 1.165) is 31.2 Å². The number of nitrogens with one attached hydrogen (secondary N) is 1. The molecule has 0 radical (unpaired) electrons. The molecule has 26 heavy (non-hydrogen) atoms. The Morgan fingerprint density at radius 3 is 2.77 bits per heavy atom. The van der Waals surface area contributed by atoms with E-state index < -0.39 is 6.04 Å². The standard InChI is InChI=1S/C20H29N3O3/c1-13-8-9-18(26-2)16(11-13)22-20(25)17-7-4-10-23(17)19(24)12-14-5-3-6-15(14)21/h8-9,11,14-15,17H,3-7,10,12,21H2,1-2H3,(H,22,25)/t14-,15+,17?/m0/s1. The number of nitrogens with zero attached hydrogens (tertiary/aromatic N) is 1. The van der Waals surface area contributed by atoms with Crippen LogP contribution >= 0.6 is 0 Å². The van der Waals surface area contributed by atoms with Crippen LogP contribution in [0.4, 0.5) is 5.69 Å². The third-order valence-electron chi connectivity index (χ3n) is 5.64. The van der Waals surface area contributed by atoms with Gasteiger partial charge in [-0.05, 0) is 56.2 Å². The highest BCUT2D eigenvalue weighted by atomic mass is 16.5. The molecule has 2 amide bonds. The molecular weight excluding hydrogens is 330 g/mol. The molecule has 0 aromatic heterocycles. The summed E-state index contributed by atoms with van der Waals surface area (Å²) in [5, 5.41) is 2.95. The SMILES string of the molecule is COc1ccc(C)cc1NC(=O)C1CCCN1C(=O)C[C@@H]1CCC[C@H]1N. The fourth-order valence-corrected chi connectivity index (χ4v) is 4.13. The van der Waals surface area contributed by atoms with Crippen LogP contribution in [0.25, 0.3) is 0 Å². The lowest BCUT2D eigenvalue weighted by Gasteiger charge is -2.26. The third-order valence-corrected chi connectivity index (χ3v) is 5.64. The van der Waals surface area contributed by atoms with Crippen molar-refractivity contribution >= 4 is 17.5 Å². The highest BCUT2D eigenvalue weighted by Gasteiger charge is 2.36. The van der Waals surface area contributed by atoms with E-state index >= 15 is 0 Å².